The molecule has 4 nitrogen and oxygen atoms in total. The van der Waals surface area contributed by atoms with Crippen molar-refractivity contribution >= 4 is 11.6 Å². The molecule has 2 N–H and O–H groups in total. The van der Waals surface area contributed by atoms with E-state index in [1.807, 2.05) is 15.9 Å². The molecule has 1 aromatic rings. The van der Waals surface area contributed by atoms with Crippen molar-refractivity contribution in [1.29, 1.82) is 0 Å². The van der Waals surface area contributed by atoms with Crippen molar-refractivity contribution in [3.63, 3.8) is 0 Å². The third-order valence-corrected chi connectivity index (χ3v) is 4.46. The highest BCUT2D eigenvalue weighted by Gasteiger charge is 2.50. The minimum atomic E-state index is -0.278. The molecule has 2 fully saturated rings. The molecule has 108 valence electrons. The van der Waals surface area contributed by atoms with Crippen LogP contribution in [-0.2, 0) is 4.79 Å². The number of rotatable bonds is 3. The first-order valence-corrected chi connectivity index (χ1v) is 7.15. The average molecular weight is 277 g/mol. The number of hydrogen-bond acceptors (Lipinski definition) is 3. The molecule has 3 rings (SSSR count). The van der Waals surface area contributed by atoms with Gasteiger partial charge in [-0.3, -0.25) is 4.79 Å². The molecule has 0 atom stereocenters. The number of para-hydroxylation sites is 1. The molecule has 1 aliphatic heterocycles. The first-order valence-electron chi connectivity index (χ1n) is 7.15. The van der Waals surface area contributed by atoms with Crippen LogP contribution in [-0.4, -0.2) is 43.5 Å². The Labute approximate surface area is 118 Å². The summed E-state index contributed by atoms with van der Waals surface area (Å²) in [6, 6.07) is 6.79. The number of carbonyl (C=O) groups excluding carboxylic acids is 1. The van der Waals surface area contributed by atoms with Gasteiger partial charge >= 0.3 is 0 Å². The van der Waals surface area contributed by atoms with Gasteiger partial charge in [-0.1, -0.05) is 12.1 Å². The monoisotopic (exact) mass is 277 g/mol. The number of hydrogen-bond donors (Lipinski definition) is 1. The van der Waals surface area contributed by atoms with Crippen LogP contribution in [0.2, 0.25) is 0 Å². The topological polar surface area (TPSA) is 49.6 Å². The Morgan fingerprint density at radius 3 is 2.40 bits per heavy atom. The second kappa shape index (κ2) is 5.05. The van der Waals surface area contributed by atoms with E-state index in [2.05, 4.69) is 0 Å². The molecular formula is C15H20FN3O. The Kier molecular flexibility index (Phi) is 3.38. The van der Waals surface area contributed by atoms with E-state index in [4.69, 9.17) is 5.73 Å². The first kappa shape index (κ1) is 13.4. The van der Waals surface area contributed by atoms with E-state index in [9.17, 15) is 9.18 Å². The lowest BCUT2D eigenvalue weighted by Gasteiger charge is -2.37. The van der Waals surface area contributed by atoms with Gasteiger partial charge in [0.1, 0.15) is 5.82 Å². The molecule has 1 heterocycles. The lowest BCUT2D eigenvalue weighted by atomic mass is 10.1. The summed E-state index contributed by atoms with van der Waals surface area (Å²) in [6.45, 7) is 3.09. The van der Waals surface area contributed by atoms with Crippen molar-refractivity contribution in [1.82, 2.24) is 4.90 Å². The molecule has 1 saturated carbocycles. The molecule has 5 heteroatoms. The van der Waals surface area contributed by atoms with E-state index in [1.54, 1.807) is 12.1 Å². The van der Waals surface area contributed by atoms with Gasteiger partial charge in [-0.05, 0) is 25.0 Å². The van der Waals surface area contributed by atoms with Crippen LogP contribution in [0.15, 0.2) is 24.3 Å². The minimum absolute atomic E-state index is 0.188. The maximum atomic E-state index is 13.7. The van der Waals surface area contributed by atoms with Crippen LogP contribution in [0.5, 0.6) is 0 Å². The second-order valence-corrected chi connectivity index (χ2v) is 5.72. The normalized spacial score (nSPS) is 20.9. The number of piperazine rings is 1. The Morgan fingerprint density at radius 1 is 1.20 bits per heavy atom. The predicted octanol–water partition coefficient (Wildman–Crippen LogP) is 1.21. The van der Waals surface area contributed by atoms with Gasteiger partial charge in [0, 0.05) is 32.7 Å². The minimum Gasteiger partial charge on any atom is -0.366 e. The van der Waals surface area contributed by atoms with Gasteiger partial charge in [0.2, 0.25) is 5.91 Å². The van der Waals surface area contributed by atoms with Gasteiger partial charge in [0.15, 0.2) is 0 Å². The van der Waals surface area contributed by atoms with E-state index in [1.165, 1.54) is 6.07 Å². The Hall–Kier alpha value is -1.62. The predicted molar refractivity (Wildman–Crippen MR) is 75.9 cm³/mol. The van der Waals surface area contributed by atoms with E-state index in [0.717, 1.165) is 12.8 Å². The lowest BCUT2D eigenvalue weighted by molar-refractivity contribution is -0.136. The Bertz CT molecular complexity index is 508. The Balaban J connectivity index is 1.63. The van der Waals surface area contributed by atoms with E-state index in [0.29, 0.717) is 38.4 Å². The Morgan fingerprint density at radius 2 is 1.85 bits per heavy atom. The molecule has 2 aliphatic rings. The van der Waals surface area contributed by atoms with E-state index in [-0.39, 0.29) is 17.1 Å². The fourth-order valence-corrected chi connectivity index (χ4v) is 2.85. The molecule has 1 aromatic carbocycles. The van der Waals surface area contributed by atoms with Gasteiger partial charge in [0.25, 0.3) is 0 Å². The summed E-state index contributed by atoms with van der Waals surface area (Å²) in [5.74, 6) is -0.0129. The highest BCUT2D eigenvalue weighted by molar-refractivity contribution is 5.86. The molecule has 0 spiro atoms. The quantitative estimate of drug-likeness (QED) is 0.903. The number of carbonyl (C=O) groups is 1. The van der Waals surface area contributed by atoms with Crippen LogP contribution < -0.4 is 10.6 Å². The molecule has 0 unspecified atom stereocenters. The van der Waals surface area contributed by atoms with Gasteiger partial charge < -0.3 is 15.5 Å². The molecule has 0 radical (unpaired) electrons. The third kappa shape index (κ3) is 2.26. The summed E-state index contributed by atoms with van der Waals surface area (Å²) in [6.07, 6.45) is 1.83. The fourth-order valence-electron chi connectivity index (χ4n) is 2.85. The lowest BCUT2D eigenvalue weighted by Crippen LogP contribution is -2.52. The van der Waals surface area contributed by atoms with Crippen molar-refractivity contribution in [3.05, 3.63) is 30.1 Å². The molecule has 0 aromatic heterocycles. The summed E-state index contributed by atoms with van der Waals surface area (Å²) in [4.78, 5) is 16.3. The van der Waals surface area contributed by atoms with Crippen molar-refractivity contribution in [2.75, 3.05) is 37.6 Å². The molecule has 20 heavy (non-hydrogen) atoms. The zero-order valence-corrected chi connectivity index (χ0v) is 11.5. The van der Waals surface area contributed by atoms with Crippen LogP contribution in [0.1, 0.15) is 12.8 Å². The van der Waals surface area contributed by atoms with Crippen LogP contribution in [0.25, 0.3) is 0 Å². The first-order chi connectivity index (χ1) is 9.66. The number of halogens is 1. The second-order valence-electron chi connectivity index (χ2n) is 5.72. The van der Waals surface area contributed by atoms with Crippen LogP contribution in [0, 0.1) is 11.2 Å². The van der Waals surface area contributed by atoms with E-state index < -0.39 is 0 Å². The summed E-state index contributed by atoms with van der Waals surface area (Å²) in [5, 5.41) is 0. The van der Waals surface area contributed by atoms with Crippen molar-refractivity contribution in [2.24, 2.45) is 11.1 Å². The number of nitrogens with zero attached hydrogens (tertiary/aromatic N) is 2. The van der Waals surface area contributed by atoms with Gasteiger partial charge in [-0.15, -0.1) is 0 Å². The van der Waals surface area contributed by atoms with E-state index >= 15 is 0 Å². The number of amides is 1. The highest BCUT2D eigenvalue weighted by atomic mass is 19.1. The zero-order chi connectivity index (χ0) is 14.2. The van der Waals surface area contributed by atoms with Crippen molar-refractivity contribution < 1.29 is 9.18 Å². The van der Waals surface area contributed by atoms with Gasteiger partial charge in [-0.2, -0.15) is 0 Å². The average Bonchev–Trinajstić information content (AvgIpc) is 3.28. The molecule has 1 saturated heterocycles. The number of nitrogens with two attached hydrogens (primary N) is 1. The van der Waals surface area contributed by atoms with Crippen LogP contribution in [0.3, 0.4) is 0 Å². The van der Waals surface area contributed by atoms with Gasteiger partial charge in [0.05, 0.1) is 11.1 Å². The summed E-state index contributed by atoms with van der Waals surface area (Å²) >= 11 is 0. The number of anilines is 1. The van der Waals surface area contributed by atoms with Crippen molar-refractivity contribution in [2.45, 2.75) is 12.8 Å². The largest absolute Gasteiger partial charge is 0.366 e. The van der Waals surface area contributed by atoms with Gasteiger partial charge in [-0.25, -0.2) is 4.39 Å². The summed E-state index contributed by atoms with van der Waals surface area (Å²) < 4.78 is 13.7. The molecule has 1 aliphatic carbocycles. The molecular weight excluding hydrogens is 257 g/mol. The standard InChI is InChI=1S/C15H20FN3O/c16-12-3-1-2-4-13(12)18-7-9-19(10-8-18)14(20)15(11-17)5-6-15/h1-4H,5-11,17H2. The fraction of sp³-hybridized carbons (Fsp3) is 0.533. The smallest absolute Gasteiger partial charge is 0.230 e. The zero-order valence-electron chi connectivity index (χ0n) is 11.5. The summed E-state index contributed by atoms with van der Waals surface area (Å²) in [5.41, 5.74) is 6.05. The summed E-state index contributed by atoms with van der Waals surface area (Å²) in [7, 11) is 0. The van der Waals surface area contributed by atoms with Crippen molar-refractivity contribution in [3.8, 4) is 0 Å². The third-order valence-electron chi connectivity index (χ3n) is 4.46. The van der Waals surface area contributed by atoms with Crippen LogP contribution >= 0.6 is 0 Å². The number of benzene rings is 1. The maximum Gasteiger partial charge on any atom is 0.230 e. The SMILES string of the molecule is NCC1(C(=O)N2CCN(c3ccccc3F)CC2)CC1. The highest BCUT2D eigenvalue weighted by Crippen LogP contribution is 2.46. The maximum absolute atomic E-state index is 13.7. The molecule has 1 amide bonds. The van der Waals surface area contributed by atoms with Crippen LogP contribution in [0.4, 0.5) is 10.1 Å². The molecule has 0 bridgehead atoms.